The van der Waals surface area contributed by atoms with Crippen LogP contribution in [-0.4, -0.2) is 37.6 Å². The lowest BCUT2D eigenvalue weighted by Crippen LogP contribution is -2.39. The van der Waals surface area contributed by atoms with Crippen LogP contribution in [0.2, 0.25) is 0 Å². The molecule has 6 heteroatoms. The molecule has 1 aromatic heterocycles. The molecular formula is C20H36IN5. The van der Waals surface area contributed by atoms with Gasteiger partial charge in [0.15, 0.2) is 5.96 Å². The normalized spacial score (nSPS) is 15.5. The number of pyridine rings is 1. The molecule has 0 spiro atoms. The lowest BCUT2D eigenvalue weighted by molar-refractivity contribution is 0.443. The average molecular weight is 473 g/mol. The summed E-state index contributed by atoms with van der Waals surface area (Å²) in [6.45, 7) is 8.55. The molecule has 1 aromatic rings. The number of nitrogens with zero attached hydrogens (tertiary/aromatic N) is 3. The Morgan fingerprint density at radius 2 is 2.04 bits per heavy atom. The summed E-state index contributed by atoms with van der Waals surface area (Å²) in [5.41, 5.74) is 1.25. The molecule has 0 bridgehead atoms. The number of unbranched alkanes of at least 4 members (excludes halogenated alkanes) is 1. The second-order valence-electron chi connectivity index (χ2n) is 6.94. The number of anilines is 1. The summed E-state index contributed by atoms with van der Waals surface area (Å²) in [6.07, 6.45) is 9.55. The van der Waals surface area contributed by atoms with Gasteiger partial charge in [0.05, 0.1) is 0 Å². The van der Waals surface area contributed by atoms with Gasteiger partial charge in [-0.3, -0.25) is 4.99 Å². The van der Waals surface area contributed by atoms with Crippen LogP contribution in [0.1, 0.15) is 57.9 Å². The van der Waals surface area contributed by atoms with Crippen LogP contribution in [0.3, 0.4) is 0 Å². The van der Waals surface area contributed by atoms with Gasteiger partial charge in [0.25, 0.3) is 0 Å². The van der Waals surface area contributed by atoms with Gasteiger partial charge in [-0.15, -0.1) is 24.0 Å². The van der Waals surface area contributed by atoms with Gasteiger partial charge >= 0.3 is 0 Å². The van der Waals surface area contributed by atoms with Crippen LogP contribution >= 0.6 is 24.0 Å². The van der Waals surface area contributed by atoms with Crippen molar-refractivity contribution < 1.29 is 0 Å². The van der Waals surface area contributed by atoms with Crippen LogP contribution in [0.25, 0.3) is 0 Å². The topological polar surface area (TPSA) is 52.6 Å². The summed E-state index contributed by atoms with van der Waals surface area (Å²) >= 11 is 0. The van der Waals surface area contributed by atoms with Crippen LogP contribution in [-0.2, 0) is 6.54 Å². The first-order valence-corrected chi connectivity index (χ1v) is 9.91. The van der Waals surface area contributed by atoms with Gasteiger partial charge < -0.3 is 15.5 Å². The SMILES string of the molecule is CCCCC(CC)CNC(=NC)NCc1ccnc(N2CCCC2)c1.I. The Hall–Kier alpha value is -1.05. The quantitative estimate of drug-likeness (QED) is 0.321. The molecule has 2 heterocycles. The van der Waals surface area contributed by atoms with Crippen molar-refractivity contribution in [1.29, 1.82) is 0 Å². The van der Waals surface area contributed by atoms with Gasteiger partial charge in [-0.1, -0.05) is 33.1 Å². The third kappa shape index (κ3) is 7.68. The Morgan fingerprint density at radius 1 is 1.27 bits per heavy atom. The van der Waals surface area contributed by atoms with Crippen molar-refractivity contribution in [2.75, 3.05) is 31.6 Å². The maximum absolute atomic E-state index is 4.52. The summed E-state index contributed by atoms with van der Waals surface area (Å²) in [6, 6.07) is 4.28. The molecule has 0 amide bonds. The lowest BCUT2D eigenvalue weighted by Gasteiger charge is -2.19. The van der Waals surface area contributed by atoms with Crippen LogP contribution in [0.4, 0.5) is 5.82 Å². The molecule has 0 saturated carbocycles. The highest BCUT2D eigenvalue weighted by molar-refractivity contribution is 14.0. The molecule has 1 fully saturated rings. The maximum atomic E-state index is 4.52. The van der Waals surface area contributed by atoms with Gasteiger partial charge in [0.1, 0.15) is 5.82 Å². The van der Waals surface area contributed by atoms with Gasteiger partial charge in [-0.05, 0) is 42.9 Å². The summed E-state index contributed by atoms with van der Waals surface area (Å²) in [4.78, 5) is 11.2. The third-order valence-electron chi connectivity index (χ3n) is 5.02. The standard InChI is InChI=1S/C20H35N5.HI/c1-4-6-9-17(5-2)15-23-20(21-3)24-16-18-10-11-22-19(14-18)25-12-7-8-13-25;/h10-11,14,17H,4-9,12-13,15-16H2,1-3H3,(H2,21,23,24);1H. The zero-order valence-corrected chi connectivity index (χ0v) is 19.0. The third-order valence-corrected chi connectivity index (χ3v) is 5.02. The van der Waals surface area contributed by atoms with E-state index in [1.54, 1.807) is 0 Å². The largest absolute Gasteiger partial charge is 0.357 e. The highest BCUT2D eigenvalue weighted by Crippen LogP contribution is 2.18. The van der Waals surface area contributed by atoms with Gasteiger partial charge in [-0.25, -0.2) is 4.98 Å². The van der Waals surface area contributed by atoms with E-state index in [4.69, 9.17) is 0 Å². The van der Waals surface area contributed by atoms with Gasteiger partial charge in [0, 0.05) is 39.4 Å². The Balaban J connectivity index is 0.00000338. The predicted molar refractivity (Wildman–Crippen MR) is 123 cm³/mol. The molecule has 1 saturated heterocycles. The van der Waals surface area contributed by atoms with Crippen molar-refractivity contribution in [3.05, 3.63) is 23.9 Å². The first-order chi connectivity index (χ1) is 12.3. The van der Waals surface area contributed by atoms with E-state index in [-0.39, 0.29) is 24.0 Å². The van der Waals surface area contributed by atoms with E-state index in [0.29, 0.717) is 0 Å². The second-order valence-corrected chi connectivity index (χ2v) is 6.94. The number of guanidine groups is 1. The number of hydrogen-bond acceptors (Lipinski definition) is 3. The van der Waals surface area contributed by atoms with Crippen molar-refractivity contribution in [2.45, 2.75) is 58.9 Å². The second kappa shape index (κ2) is 13.2. The zero-order chi connectivity index (χ0) is 17.9. The van der Waals surface area contributed by atoms with Crippen molar-refractivity contribution in [1.82, 2.24) is 15.6 Å². The van der Waals surface area contributed by atoms with Crippen molar-refractivity contribution in [2.24, 2.45) is 10.9 Å². The molecule has 1 unspecified atom stereocenters. The van der Waals surface area contributed by atoms with E-state index in [2.05, 4.69) is 51.5 Å². The number of aromatic nitrogens is 1. The van der Waals surface area contributed by atoms with Crippen LogP contribution in [0, 0.1) is 5.92 Å². The molecule has 1 aliphatic rings. The van der Waals surface area contributed by atoms with Crippen LogP contribution in [0.15, 0.2) is 23.3 Å². The number of rotatable bonds is 9. The van der Waals surface area contributed by atoms with Gasteiger partial charge in [-0.2, -0.15) is 0 Å². The maximum Gasteiger partial charge on any atom is 0.191 e. The molecule has 148 valence electrons. The van der Waals surface area contributed by atoms with E-state index in [1.807, 2.05) is 13.2 Å². The summed E-state index contributed by atoms with van der Waals surface area (Å²) in [7, 11) is 1.84. The van der Waals surface area contributed by atoms with E-state index in [9.17, 15) is 0 Å². The van der Waals surface area contributed by atoms with Crippen molar-refractivity contribution in [3.8, 4) is 0 Å². The number of halogens is 1. The zero-order valence-electron chi connectivity index (χ0n) is 16.6. The van der Waals surface area contributed by atoms with Crippen LogP contribution < -0.4 is 15.5 Å². The number of aliphatic imine (C=N–C) groups is 1. The average Bonchev–Trinajstić information content (AvgIpc) is 3.19. The molecular weight excluding hydrogens is 437 g/mol. The smallest absolute Gasteiger partial charge is 0.191 e. The fraction of sp³-hybridized carbons (Fsp3) is 0.700. The van der Waals surface area contributed by atoms with Gasteiger partial charge in [0.2, 0.25) is 0 Å². The molecule has 2 rings (SSSR count). The van der Waals surface area contributed by atoms with Crippen LogP contribution in [0.5, 0.6) is 0 Å². The fourth-order valence-corrected chi connectivity index (χ4v) is 3.28. The summed E-state index contributed by atoms with van der Waals surface area (Å²) < 4.78 is 0. The first kappa shape index (κ1) is 23.0. The molecule has 0 aliphatic carbocycles. The lowest BCUT2D eigenvalue weighted by atomic mass is 9.99. The molecule has 0 aromatic carbocycles. The highest BCUT2D eigenvalue weighted by Gasteiger charge is 2.13. The molecule has 1 aliphatic heterocycles. The first-order valence-electron chi connectivity index (χ1n) is 9.91. The monoisotopic (exact) mass is 473 g/mol. The van der Waals surface area contributed by atoms with E-state index < -0.39 is 0 Å². The molecule has 26 heavy (non-hydrogen) atoms. The molecule has 2 N–H and O–H groups in total. The molecule has 5 nitrogen and oxygen atoms in total. The Bertz CT molecular complexity index is 529. The fourth-order valence-electron chi connectivity index (χ4n) is 3.28. The highest BCUT2D eigenvalue weighted by atomic mass is 127. The summed E-state index contributed by atoms with van der Waals surface area (Å²) in [5, 5.41) is 6.91. The Labute approximate surface area is 176 Å². The van der Waals surface area contributed by atoms with E-state index >= 15 is 0 Å². The molecule has 1 atom stereocenters. The Kier molecular flexibility index (Phi) is 11.6. The van der Waals surface area contributed by atoms with Crippen molar-refractivity contribution in [3.63, 3.8) is 0 Å². The number of nitrogens with one attached hydrogen (secondary N) is 2. The van der Waals surface area contributed by atoms with E-state index in [1.165, 1.54) is 44.1 Å². The number of hydrogen-bond donors (Lipinski definition) is 2. The van der Waals surface area contributed by atoms with E-state index in [0.717, 1.165) is 43.9 Å². The summed E-state index contributed by atoms with van der Waals surface area (Å²) in [5.74, 6) is 2.71. The molecule has 0 radical (unpaired) electrons. The Morgan fingerprint density at radius 3 is 2.69 bits per heavy atom. The minimum absolute atomic E-state index is 0. The van der Waals surface area contributed by atoms with Crippen molar-refractivity contribution >= 4 is 35.8 Å². The minimum atomic E-state index is 0. The predicted octanol–water partition coefficient (Wildman–Crippen LogP) is 4.18. The minimum Gasteiger partial charge on any atom is -0.357 e.